The molecule has 0 spiro atoms. The Balaban J connectivity index is 2.34. The molecule has 118 valence electrons. The largest absolute Gasteiger partial charge is 0.496 e. The van der Waals surface area contributed by atoms with Crippen molar-refractivity contribution in [1.82, 2.24) is 4.90 Å². The van der Waals surface area contributed by atoms with Crippen LogP contribution in [-0.2, 0) is 0 Å². The third kappa shape index (κ3) is 3.58. The normalized spacial score (nSPS) is 26.3. The molecule has 4 unspecified atom stereocenters. The number of hydrogen-bond donors (Lipinski definition) is 1. The fraction of sp³-hybridized carbons (Fsp3) is 0.667. The number of para-hydroxylation sites is 1. The lowest BCUT2D eigenvalue weighted by molar-refractivity contribution is 0.0660. The highest BCUT2D eigenvalue weighted by molar-refractivity contribution is 5.37. The van der Waals surface area contributed by atoms with Crippen LogP contribution < -0.4 is 10.5 Å². The fourth-order valence-electron chi connectivity index (χ4n) is 3.63. The van der Waals surface area contributed by atoms with Crippen molar-refractivity contribution < 1.29 is 4.74 Å². The van der Waals surface area contributed by atoms with Gasteiger partial charge in [0.05, 0.1) is 13.2 Å². The average molecular weight is 290 g/mol. The van der Waals surface area contributed by atoms with Crippen molar-refractivity contribution >= 4 is 0 Å². The SMILES string of the molecule is CCC(N)C(c1ccccc1OC)N1CCC(C)CC1C. The molecule has 3 nitrogen and oxygen atoms in total. The molecule has 0 saturated carbocycles. The summed E-state index contributed by atoms with van der Waals surface area (Å²) in [5, 5.41) is 0. The van der Waals surface area contributed by atoms with E-state index in [2.05, 4.69) is 37.8 Å². The number of piperidine rings is 1. The number of nitrogens with two attached hydrogens (primary N) is 1. The lowest BCUT2D eigenvalue weighted by Crippen LogP contribution is -2.48. The van der Waals surface area contributed by atoms with Crippen molar-refractivity contribution in [2.75, 3.05) is 13.7 Å². The third-order valence-electron chi connectivity index (χ3n) is 4.88. The number of methoxy groups -OCH3 is 1. The van der Waals surface area contributed by atoms with Crippen LogP contribution in [0.2, 0.25) is 0 Å². The minimum atomic E-state index is 0.136. The Labute approximate surface area is 129 Å². The van der Waals surface area contributed by atoms with Gasteiger partial charge in [0.1, 0.15) is 5.75 Å². The van der Waals surface area contributed by atoms with Crippen LogP contribution >= 0.6 is 0 Å². The van der Waals surface area contributed by atoms with Crippen molar-refractivity contribution in [2.24, 2.45) is 11.7 Å². The van der Waals surface area contributed by atoms with E-state index in [0.717, 1.165) is 24.6 Å². The van der Waals surface area contributed by atoms with E-state index in [1.165, 1.54) is 18.4 Å². The molecular weight excluding hydrogens is 260 g/mol. The van der Waals surface area contributed by atoms with E-state index in [0.29, 0.717) is 6.04 Å². The molecule has 0 amide bonds. The van der Waals surface area contributed by atoms with Crippen molar-refractivity contribution in [1.29, 1.82) is 0 Å². The molecule has 2 rings (SSSR count). The highest BCUT2D eigenvalue weighted by atomic mass is 16.5. The molecular formula is C18H30N2O. The van der Waals surface area contributed by atoms with Crippen molar-refractivity contribution in [3.63, 3.8) is 0 Å². The second kappa shape index (κ2) is 7.28. The van der Waals surface area contributed by atoms with E-state index in [1.807, 2.05) is 12.1 Å². The fourth-order valence-corrected chi connectivity index (χ4v) is 3.63. The number of ether oxygens (including phenoxy) is 1. The van der Waals surface area contributed by atoms with E-state index in [4.69, 9.17) is 10.5 Å². The highest BCUT2D eigenvalue weighted by Crippen LogP contribution is 2.37. The Bertz CT molecular complexity index is 449. The van der Waals surface area contributed by atoms with Gasteiger partial charge in [0, 0.05) is 17.6 Å². The van der Waals surface area contributed by atoms with E-state index in [-0.39, 0.29) is 12.1 Å². The predicted molar refractivity (Wildman–Crippen MR) is 88.6 cm³/mol. The molecule has 0 bridgehead atoms. The van der Waals surface area contributed by atoms with Crippen LogP contribution in [-0.4, -0.2) is 30.6 Å². The molecule has 1 saturated heterocycles. The monoisotopic (exact) mass is 290 g/mol. The maximum atomic E-state index is 6.50. The lowest BCUT2D eigenvalue weighted by atomic mass is 9.87. The Morgan fingerprint density at radius 1 is 1.33 bits per heavy atom. The third-order valence-corrected chi connectivity index (χ3v) is 4.88. The number of benzene rings is 1. The first-order valence-electron chi connectivity index (χ1n) is 8.22. The van der Waals surface area contributed by atoms with Crippen molar-refractivity contribution in [2.45, 2.75) is 58.2 Å². The molecule has 2 N–H and O–H groups in total. The quantitative estimate of drug-likeness (QED) is 0.900. The standard InChI is InChI=1S/C18H30N2O/c1-5-16(19)18(15-8-6-7-9-17(15)21-4)20-11-10-13(2)12-14(20)3/h6-9,13-14,16,18H,5,10-12,19H2,1-4H3. The first-order chi connectivity index (χ1) is 10.1. The molecule has 0 aliphatic carbocycles. The second-order valence-corrected chi connectivity index (χ2v) is 6.48. The zero-order chi connectivity index (χ0) is 15.4. The summed E-state index contributed by atoms with van der Waals surface area (Å²) >= 11 is 0. The molecule has 1 aliphatic heterocycles. The minimum absolute atomic E-state index is 0.136. The van der Waals surface area contributed by atoms with Crippen molar-refractivity contribution in [3.05, 3.63) is 29.8 Å². The first kappa shape index (κ1) is 16.3. The molecule has 1 aromatic carbocycles. The van der Waals surface area contributed by atoms with Crippen LogP contribution in [0.25, 0.3) is 0 Å². The Hall–Kier alpha value is -1.06. The minimum Gasteiger partial charge on any atom is -0.496 e. The van der Waals surface area contributed by atoms with Gasteiger partial charge < -0.3 is 10.5 Å². The summed E-state index contributed by atoms with van der Waals surface area (Å²) in [4.78, 5) is 2.59. The first-order valence-corrected chi connectivity index (χ1v) is 8.22. The van der Waals surface area contributed by atoms with Gasteiger partial charge in [-0.2, -0.15) is 0 Å². The van der Waals surface area contributed by atoms with Crippen LogP contribution in [0.3, 0.4) is 0 Å². The average Bonchev–Trinajstić information content (AvgIpc) is 2.49. The molecule has 4 atom stereocenters. The summed E-state index contributed by atoms with van der Waals surface area (Å²) in [7, 11) is 1.75. The molecule has 1 heterocycles. The number of hydrogen-bond acceptors (Lipinski definition) is 3. The number of rotatable bonds is 5. The lowest BCUT2D eigenvalue weighted by Gasteiger charge is -2.44. The van der Waals surface area contributed by atoms with Gasteiger partial charge in [0.2, 0.25) is 0 Å². The summed E-state index contributed by atoms with van der Waals surface area (Å²) in [6, 6.07) is 9.28. The molecule has 3 heteroatoms. The Morgan fingerprint density at radius 2 is 2.05 bits per heavy atom. The Kier molecular flexibility index (Phi) is 5.65. The van der Waals surface area contributed by atoms with Gasteiger partial charge in [-0.15, -0.1) is 0 Å². The molecule has 0 radical (unpaired) electrons. The number of nitrogens with zero attached hydrogens (tertiary/aromatic N) is 1. The van der Waals surface area contributed by atoms with Gasteiger partial charge in [-0.1, -0.05) is 32.0 Å². The topological polar surface area (TPSA) is 38.5 Å². The van der Waals surface area contributed by atoms with Gasteiger partial charge in [0.25, 0.3) is 0 Å². The predicted octanol–water partition coefficient (Wildman–Crippen LogP) is 3.59. The molecule has 0 aromatic heterocycles. The molecule has 1 aromatic rings. The molecule has 1 fully saturated rings. The molecule has 21 heavy (non-hydrogen) atoms. The van der Waals surface area contributed by atoms with Crippen LogP contribution in [0.15, 0.2) is 24.3 Å². The van der Waals surface area contributed by atoms with E-state index >= 15 is 0 Å². The zero-order valence-corrected chi connectivity index (χ0v) is 13.9. The van der Waals surface area contributed by atoms with Gasteiger partial charge in [-0.05, 0) is 44.7 Å². The number of likely N-dealkylation sites (tertiary alicyclic amines) is 1. The highest BCUT2D eigenvalue weighted by Gasteiger charge is 2.34. The van der Waals surface area contributed by atoms with Crippen LogP contribution in [0.1, 0.15) is 51.6 Å². The second-order valence-electron chi connectivity index (χ2n) is 6.48. The maximum absolute atomic E-state index is 6.50. The Morgan fingerprint density at radius 3 is 2.67 bits per heavy atom. The van der Waals surface area contributed by atoms with Gasteiger partial charge in [0.15, 0.2) is 0 Å². The smallest absolute Gasteiger partial charge is 0.123 e. The summed E-state index contributed by atoms with van der Waals surface area (Å²) in [5.74, 6) is 1.77. The van der Waals surface area contributed by atoms with E-state index in [9.17, 15) is 0 Å². The van der Waals surface area contributed by atoms with Crippen LogP contribution in [0, 0.1) is 5.92 Å². The van der Waals surface area contributed by atoms with Crippen molar-refractivity contribution in [3.8, 4) is 5.75 Å². The van der Waals surface area contributed by atoms with Crippen LogP contribution in [0.5, 0.6) is 5.75 Å². The van der Waals surface area contributed by atoms with Crippen LogP contribution in [0.4, 0.5) is 0 Å². The van der Waals surface area contributed by atoms with Gasteiger partial charge >= 0.3 is 0 Å². The maximum Gasteiger partial charge on any atom is 0.123 e. The van der Waals surface area contributed by atoms with E-state index in [1.54, 1.807) is 7.11 Å². The summed E-state index contributed by atoms with van der Waals surface area (Å²) in [5.41, 5.74) is 7.74. The molecule has 1 aliphatic rings. The van der Waals surface area contributed by atoms with Gasteiger partial charge in [-0.25, -0.2) is 0 Å². The summed E-state index contributed by atoms with van der Waals surface area (Å²) < 4.78 is 5.59. The van der Waals surface area contributed by atoms with E-state index < -0.39 is 0 Å². The zero-order valence-electron chi connectivity index (χ0n) is 13.9. The summed E-state index contributed by atoms with van der Waals surface area (Å²) in [6.45, 7) is 7.98. The summed E-state index contributed by atoms with van der Waals surface area (Å²) in [6.07, 6.45) is 3.48. The van der Waals surface area contributed by atoms with Gasteiger partial charge in [-0.3, -0.25) is 4.90 Å².